The molecule has 1 unspecified atom stereocenters. The van der Waals surface area contributed by atoms with Crippen molar-refractivity contribution in [3.8, 4) is 11.3 Å². The molecule has 0 bridgehead atoms. The number of primary amides is 1. The van der Waals surface area contributed by atoms with E-state index in [1.54, 1.807) is 0 Å². The van der Waals surface area contributed by atoms with Crippen LogP contribution < -0.4 is 5.73 Å². The maximum Gasteiger partial charge on any atom is 0.220 e. The number of aromatic amines is 1. The summed E-state index contributed by atoms with van der Waals surface area (Å²) in [6.45, 7) is 1.90. The summed E-state index contributed by atoms with van der Waals surface area (Å²) in [6.07, 6.45) is 2.90. The topological polar surface area (TPSA) is 58.9 Å². The quantitative estimate of drug-likeness (QED) is 0.762. The smallest absolute Gasteiger partial charge is 0.220 e. The van der Waals surface area contributed by atoms with Gasteiger partial charge in [0.05, 0.1) is 5.69 Å². The molecule has 0 saturated carbocycles. The molecule has 0 saturated heterocycles. The number of carbonyl (C=O) groups is 1. The SMILES string of the molecule is CC(Cc1cc2c(s1)CCc1c-2[nH]c2ccccc12)C(N)=O. The molecule has 1 atom stereocenters. The Morgan fingerprint density at radius 1 is 1.36 bits per heavy atom. The number of hydrogen-bond donors (Lipinski definition) is 2. The van der Waals surface area contributed by atoms with Crippen LogP contribution in [0.5, 0.6) is 0 Å². The number of aromatic nitrogens is 1. The van der Waals surface area contributed by atoms with E-state index < -0.39 is 0 Å². The first-order valence-electron chi connectivity index (χ1n) is 7.64. The van der Waals surface area contributed by atoms with Crippen LogP contribution in [0.2, 0.25) is 0 Å². The summed E-state index contributed by atoms with van der Waals surface area (Å²) in [7, 11) is 0. The average molecular weight is 310 g/mol. The van der Waals surface area contributed by atoms with Crippen LogP contribution in [0.4, 0.5) is 0 Å². The van der Waals surface area contributed by atoms with Gasteiger partial charge in [-0.15, -0.1) is 11.3 Å². The van der Waals surface area contributed by atoms with E-state index in [-0.39, 0.29) is 11.8 Å². The summed E-state index contributed by atoms with van der Waals surface area (Å²) < 4.78 is 0. The second-order valence-corrected chi connectivity index (χ2v) is 7.30. The van der Waals surface area contributed by atoms with Crippen molar-refractivity contribution in [1.82, 2.24) is 4.98 Å². The molecule has 4 heteroatoms. The zero-order chi connectivity index (χ0) is 15.3. The van der Waals surface area contributed by atoms with Gasteiger partial charge in [0, 0.05) is 32.1 Å². The van der Waals surface area contributed by atoms with Crippen molar-refractivity contribution < 1.29 is 4.79 Å². The summed E-state index contributed by atoms with van der Waals surface area (Å²) in [5.74, 6) is -0.333. The van der Waals surface area contributed by atoms with Gasteiger partial charge < -0.3 is 10.7 Å². The third-order valence-corrected chi connectivity index (χ3v) is 5.76. The fraction of sp³-hybridized carbons (Fsp3) is 0.278. The Bertz CT molecular complexity index is 874. The molecule has 3 nitrogen and oxygen atoms in total. The standard InChI is InChI=1S/C18H18N2OS/c1-10(18(19)21)8-11-9-14-16(22-11)7-6-13-12-4-2-3-5-15(12)20-17(13)14/h2-5,9-10,20H,6-8H2,1H3,(H2,19,21). The number of H-pyrrole nitrogens is 1. The van der Waals surface area contributed by atoms with Gasteiger partial charge in [-0.2, -0.15) is 0 Å². The molecule has 0 radical (unpaired) electrons. The molecule has 22 heavy (non-hydrogen) atoms. The minimum Gasteiger partial charge on any atom is -0.369 e. The van der Waals surface area contributed by atoms with Crippen molar-refractivity contribution in [1.29, 1.82) is 0 Å². The predicted molar refractivity (Wildman–Crippen MR) is 91.1 cm³/mol. The molecule has 0 spiro atoms. The van der Waals surface area contributed by atoms with E-state index >= 15 is 0 Å². The van der Waals surface area contributed by atoms with Crippen LogP contribution in [-0.2, 0) is 24.1 Å². The molecule has 0 aliphatic heterocycles. The first-order valence-corrected chi connectivity index (χ1v) is 8.46. The summed E-state index contributed by atoms with van der Waals surface area (Å²) in [6, 6.07) is 10.7. The van der Waals surface area contributed by atoms with Crippen LogP contribution in [0, 0.1) is 5.92 Å². The van der Waals surface area contributed by atoms with Gasteiger partial charge in [-0.1, -0.05) is 25.1 Å². The number of fused-ring (bicyclic) bond motifs is 5. The molecule has 0 fully saturated rings. The lowest BCUT2D eigenvalue weighted by Crippen LogP contribution is -2.21. The number of thiophene rings is 1. The lowest BCUT2D eigenvalue weighted by Gasteiger charge is -2.11. The highest BCUT2D eigenvalue weighted by atomic mass is 32.1. The van der Waals surface area contributed by atoms with Crippen molar-refractivity contribution in [3.05, 3.63) is 45.6 Å². The summed E-state index contributed by atoms with van der Waals surface area (Å²) in [5, 5.41) is 1.33. The van der Waals surface area contributed by atoms with Gasteiger partial charge in [0.2, 0.25) is 5.91 Å². The number of benzene rings is 1. The number of aryl methyl sites for hydroxylation is 2. The zero-order valence-electron chi connectivity index (χ0n) is 12.5. The highest BCUT2D eigenvalue weighted by molar-refractivity contribution is 7.12. The number of carbonyl (C=O) groups excluding carboxylic acids is 1. The average Bonchev–Trinajstić information content (AvgIpc) is 3.07. The molecule has 1 amide bonds. The number of rotatable bonds is 3. The third-order valence-electron chi connectivity index (χ3n) is 4.54. The monoisotopic (exact) mass is 310 g/mol. The third kappa shape index (κ3) is 2.06. The van der Waals surface area contributed by atoms with Crippen molar-refractivity contribution in [2.45, 2.75) is 26.2 Å². The van der Waals surface area contributed by atoms with Gasteiger partial charge in [0.25, 0.3) is 0 Å². The minimum atomic E-state index is -0.224. The molecular weight excluding hydrogens is 292 g/mol. The normalized spacial score (nSPS) is 14.6. The highest BCUT2D eigenvalue weighted by Gasteiger charge is 2.23. The molecule has 2 aromatic heterocycles. The lowest BCUT2D eigenvalue weighted by molar-refractivity contribution is -0.121. The van der Waals surface area contributed by atoms with Gasteiger partial charge in [0.15, 0.2) is 0 Å². The summed E-state index contributed by atoms with van der Waals surface area (Å²) >= 11 is 1.83. The molecule has 112 valence electrons. The Morgan fingerprint density at radius 2 is 2.18 bits per heavy atom. The molecule has 1 aliphatic rings. The second kappa shape index (κ2) is 4.99. The highest BCUT2D eigenvalue weighted by Crippen LogP contribution is 2.41. The van der Waals surface area contributed by atoms with Gasteiger partial charge in [0.1, 0.15) is 0 Å². The van der Waals surface area contributed by atoms with Gasteiger partial charge in [-0.3, -0.25) is 4.79 Å². The van der Waals surface area contributed by atoms with Crippen LogP contribution in [0.15, 0.2) is 30.3 Å². The van der Waals surface area contributed by atoms with E-state index in [0.29, 0.717) is 0 Å². The van der Waals surface area contributed by atoms with E-state index in [4.69, 9.17) is 5.73 Å². The Kier molecular flexibility index (Phi) is 3.08. The molecule has 1 aliphatic carbocycles. The van der Waals surface area contributed by atoms with Crippen LogP contribution in [0.1, 0.15) is 22.2 Å². The van der Waals surface area contributed by atoms with E-state index in [1.165, 1.54) is 37.5 Å². The van der Waals surface area contributed by atoms with Crippen molar-refractivity contribution in [2.24, 2.45) is 11.7 Å². The van der Waals surface area contributed by atoms with E-state index in [1.807, 2.05) is 18.3 Å². The Labute approximate surface area is 133 Å². The second-order valence-electron chi connectivity index (χ2n) is 6.08. The molecule has 1 aromatic carbocycles. The number of hydrogen-bond acceptors (Lipinski definition) is 2. The van der Waals surface area contributed by atoms with Crippen molar-refractivity contribution in [3.63, 3.8) is 0 Å². The van der Waals surface area contributed by atoms with E-state index in [9.17, 15) is 4.79 Å². The fourth-order valence-corrected chi connectivity index (χ4v) is 4.61. The molecular formula is C18H18N2OS. The van der Waals surface area contributed by atoms with Crippen molar-refractivity contribution >= 4 is 28.1 Å². The zero-order valence-corrected chi connectivity index (χ0v) is 13.3. The number of nitrogens with one attached hydrogen (secondary N) is 1. The Hall–Kier alpha value is -2.07. The maximum absolute atomic E-state index is 11.3. The number of amides is 1. The first kappa shape index (κ1) is 13.6. The number of nitrogens with two attached hydrogens (primary N) is 1. The molecule has 3 N–H and O–H groups in total. The Morgan fingerprint density at radius 3 is 3.00 bits per heavy atom. The first-order chi connectivity index (χ1) is 10.6. The lowest BCUT2D eigenvalue weighted by atomic mass is 9.94. The maximum atomic E-state index is 11.3. The predicted octanol–water partition coefficient (Wildman–Crippen LogP) is 3.66. The van der Waals surface area contributed by atoms with Crippen LogP contribution in [0.3, 0.4) is 0 Å². The van der Waals surface area contributed by atoms with E-state index in [2.05, 4.69) is 35.3 Å². The fourth-order valence-electron chi connectivity index (χ4n) is 3.31. The molecule has 2 heterocycles. The molecule has 4 rings (SSSR count). The van der Waals surface area contributed by atoms with Crippen LogP contribution >= 0.6 is 11.3 Å². The van der Waals surface area contributed by atoms with Crippen LogP contribution in [-0.4, -0.2) is 10.9 Å². The Balaban J connectivity index is 1.78. The van der Waals surface area contributed by atoms with Gasteiger partial charge >= 0.3 is 0 Å². The summed E-state index contributed by atoms with van der Waals surface area (Å²) in [4.78, 5) is 17.5. The molecule has 3 aromatic rings. The van der Waals surface area contributed by atoms with E-state index in [0.717, 1.165) is 19.3 Å². The number of para-hydroxylation sites is 1. The van der Waals surface area contributed by atoms with Gasteiger partial charge in [-0.05, 0) is 37.0 Å². The van der Waals surface area contributed by atoms with Crippen molar-refractivity contribution in [2.75, 3.05) is 0 Å². The minimum absolute atomic E-state index is 0.109. The van der Waals surface area contributed by atoms with Gasteiger partial charge in [-0.25, -0.2) is 0 Å². The summed E-state index contributed by atoms with van der Waals surface area (Å²) in [5.41, 5.74) is 10.6. The largest absolute Gasteiger partial charge is 0.369 e. The van der Waals surface area contributed by atoms with Crippen LogP contribution in [0.25, 0.3) is 22.2 Å².